The highest BCUT2D eigenvalue weighted by molar-refractivity contribution is 7.89. The third kappa shape index (κ3) is 4.27. The van der Waals surface area contributed by atoms with Crippen LogP contribution in [0.25, 0.3) is 0 Å². The Morgan fingerprint density at radius 2 is 1.58 bits per heavy atom. The van der Waals surface area contributed by atoms with Gasteiger partial charge in [-0.3, -0.25) is 0 Å². The van der Waals surface area contributed by atoms with Crippen molar-refractivity contribution >= 4 is 10.0 Å². The van der Waals surface area contributed by atoms with Gasteiger partial charge in [0.05, 0.1) is 6.61 Å². The summed E-state index contributed by atoms with van der Waals surface area (Å²) in [7, 11) is -3.04. The Hall–Kier alpha value is -2.06. The van der Waals surface area contributed by atoms with E-state index >= 15 is 0 Å². The molecule has 0 aliphatic carbocycles. The van der Waals surface area contributed by atoms with E-state index in [2.05, 4.69) is 0 Å². The average Bonchev–Trinajstić information content (AvgIpc) is 2.52. The summed E-state index contributed by atoms with van der Waals surface area (Å²) < 4.78 is 70.7. The molecule has 0 aliphatic heterocycles. The van der Waals surface area contributed by atoms with Crippen molar-refractivity contribution in [2.24, 2.45) is 0 Å². The molecule has 0 saturated heterocycles. The molecular formula is C16H16F3NO3S. The van der Waals surface area contributed by atoms with Crippen molar-refractivity contribution in [3.05, 3.63) is 59.9 Å². The molecule has 0 aliphatic rings. The number of nitrogens with zero attached hydrogens (tertiary/aromatic N) is 1. The minimum absolute atomic E-state index is 0.0112. The summed E-state index contributed by atoms with van der Waals surface area (Å²) in [5.74, 6) is -2.21. The summed E-state index contributed by atoms with van der Waals surface area (Å²) in [5.41, 5.74) is 0. The van der Waals surface area contributed by atoms with Gasteiger partial charge < -0.3 is 4.74 Å². The molecule has 8 heteroatoms. The fraction of sp³-hybridized carbons (Fsp3) is 0.250. The molecule has 0 N–H and O–H groups in total. The Morgan fingerprint density at radius 3 is 2.17 bits per heavy atom. The predicted molar refractivity (Wildman–Crippen MR) is 82.7 cm³/mol. The van der Waals surface area contributed by atoms with Crippen LogP contribution in [0.5, 0.6) is 5.75 Å². The smallest absolute Gasteiger partial charge is 0.248 e. The molecule has 24 heavy (non-hydrogen) atoms. The fourth-order valence-corrected chi connectivity index (χ4v) is 3.32. The van der Waals surface area contributed by atoms with Crippen LogP contribution in [0.2, 0.25) is 0 Å². The lowest BCUT2D eigenvalue weighted by molar-refractivity contribution is 0.295. The van der Waals surface area contributed by atoms with E-state index in [1.165, 1.54) is 31.3 Å². The molecule has 0 radical (unpaired) electrons. The molecule has 0 amide bonds. The molecule has 2 aromatic rings. The zero-order valence-electron chi connectivity index (χ0n) is 12.9. The average molecular weight is 359 g/mol. The summed E-state index contributed by atoms with van der Waals surface area (Å²) in [6, 6.07) is 8.26. The number of hydrogen-bond donors (Lipinski definition) is 0. The Labute approximate surface area is 138 Å². The van der Waals surface area contributed by atoms with Gasteiger partial charge >= 0.3 is 0 Å². The Kier molecular flexibility index (Phi) is 5.84. The standard InChI is InChI=1S/C16H16F3NO3S/c1-20(10-3-11-23-13-8-6-12(17)7-9-13)24(21,22)16-14(18)4-2-5-15(16)19/h2,4-9H,3,10-11H2,1H3. The van der Waals surface area contributed by atoms with E-state index in [1.54, 1.807) is 0 Å². The van der Waals surface area contributed by atoms with Gasteiger partial charge in [-0.15, -0.1) is 0 Å². The first-order valence-corrected chi connectivity index (χ1v) is 8.55. The van der Waals surface area contributed by atoms with Crippen LogP contribution in [0, 0.1) is 17.5 Å². The maximum atomic E-state index is 13.6. The lowest BCUT2D eigenvalue weighted by atomic mass is 10.3. The molecule has 2 rings (SSSR count). The molecule has 0 fully saturated rings. The van der Waals surface area contributed by atoms with Crippen LogP contribution in [0.1, 0.15) is 6.42 Å². The first-order chi connectivity index (χ1) is 11.3. The lowest BCUT2D eigenvalue weighted by Crippen LogP contribution is -2.30. The van der Waals surface area contributed by atoms with Gasteiger partial charge in [-0.05, 0) is 42.8 Å². The van der Waals surface area contributed by atoms with Gasteiger partial charge in [0, 0.05) is 13.6 Å². The van der Waals surface area contributed by atoms with Crippen LogP contribution in [0.3, 0.4) is 0 Å². The minimum Gasteiger partial charge on any atom is -0.494 e. The van der Waals surface area contributed by atoms with E-state index < -0.39 is 26.6 Å². The van der Waals surface area contributed by atoms with E-state index in [9.17, 15) is 21.6 Å². The summed E-state index contributed by atoms with van der Waals surface area (Å²) in [6.07, 6.45) is 0.295. The van der Waals surface area contributed by atoms with Gasteiger partial charge in [0.15, 0.2) is 4.90 Å². The van der Waals surface area contributed by atoms with E-state index in [1.807, 2.05) is 0 Å². The fourth-order valence-electron chi connectivity index (χ4n) is 2.01. The van der Waals surface area contributed by atoms with Crippen molar-refractivity contribution < 1.29 is 26.3 Å². The van der Waals surface area contributed by atoms with Crippen LogP contribution < -0.4 is 4.74 Å². The Morgan fingerprint density at radius 1 is 1.00 bits per heavy atom. The summed E-state index contributed by atoms with van der Waals surface area (Å²) in [6.45, 7) is 0.183. The van der Waals surface area contributed by atoms with Gasteiger partial charge in [0.2, 0.25) is 10.0 Å². The quantitative estimate of drug-likeness (QED) is 0.714. The van der Waals surface area contributed by atoms with E-state index in [-0.39, 0.29) is 19.0 Å². The number of benzene rings is 2. The number of sulfonamides is 1. The number of rotatable bonds is 7. The zero-order valence-corrected chi connectivity index (χ0v) is 13.7. The second kappa shape index (κ2) is 7.67. The first-order valence-electron chi connectivity index (χ1n) is 7.11. The summed E-state index contributed by atoms with van der Waals surface area (Å²) in [5, 5.41) is 0. The molecule has 0 atom stereocenters. The van der Waals surface area contributed by atoms with Crippen LogP contribution in [0.4, 0.5) is 13.2 Å². The maximum absolute atomic E-state index is 13.6. The van der Waals surface area contributed by atoms with E-state index in [0.717, 1.165) is 22.5 Å². The van der Waals surface area contributed by atoms with Gasteiger partial charge in [0.1, 0.15) is 23.2 Å². The number of halogens is 3. The molecule has 0 spiro atoms. The third-order valence-electron chi connectivity index (χ3n) is 3.29. The molecule has 0 saturated carbocycles. The van der Waals surface area contributed by atoms with E-state index in [0.29, 0.717) is 12.2 Å². The zero-order chi connectivity index (χ0) is 17.7. The Bertz CT molecular complexity index is 774. The Balaban J connectivity index is 1.94. The van der Waals surface area contributed by atoms with Gasteiger partial charge in [-0.1, -0.05) is 6.07 Å². The molecule has 0 unspecified atom stereocenters. The van der Waals surface area contributed by atoms with Crippen molar-refractivity contribution in [3.63, 3.8) is 0 Å². The SMILES string of the molecule is CN(CCCOc1ccc(F)cc1)S(=O)(=O)c1c(F)cccc1F. The van der Waals surface area contributed by atoms with Gasteiger partial charge in [-0.25, -0.2) is 25.9 Å². The molecule has 4 nitrogen and oxygen atoms in total. The lowest BCUT2D eigenvalue weighted by Gasteiger charge is -2.18. The van der Waals surface area contributed by atoms with Crippen molar-refractivity contribution in [2.45, 2.75) is 11.3 Å². The van der Waals surface area contributed by atoms with Crippen molar-refractivity contribution in [1.29, 1.82) is 0 Å². The van der Waals surface area contributed by atoms with Crippen molar-refractivity contribution in [1.82, 2.24) is 4.31 Å². The molecule has 130 valence electrons. The second-order valence-corrected chi connectivity index (χ2v) is 7.02. The number of hydrogen-bond acceptors (Lipinski definition) is 3. The molecular weight excluding hydrogens is 343 g/mol. The highest BCUT2D eigenvalue weighted by Crippen LogP contribution is 2.21. The summed E-state index contributed by atoms with van der Waals surface area (Å²) >= 11 is 0. The highest BCUT2D eigenvalue weighted by Gasteiger charge is 2.27. The largest absolute Gasteiger partial charge is 0.494 e. The topological polar surface area (TPSA) is 46.6 Å². The molecule has 0 heterocycles. The predicted octanol–water partition coefficient (Wildman–Crippen LogP) is 3.19. The van der Waals surface area contributed by atoms with Gasteiger partial charge in [-0.2, -0.15) is 0 Å². The molecule has 2 aromatic carbocycles. The molecule has 0 aromatic heterocycles. The maximum Gasteiger partial charge on any atom is 0.248 e. The summed E-state index contributed by atoms with van der Waals surface area (Å²) in [4.78, 5) is -0.966. The van der Waals surface area contributed by atoms with E-state index in [4.69, 9.17) is 4.74 Å². The normalized spacial score (nSPS) is 11.7. The van der Waals surface area contributed by atoms with Crippen LogP contribution in [0.15, 0.2) is 47.4 Å². The first kappa shape index (κ1) is 18.3. The second-order valence-electron chi connectivity index (χ2n) is 5.03. The third-order valence-corrected chi connectivity index (χ3v) is 5.20. The van der Waals surface area contributed by atoms with Crippen molar-refractivity contribution in [2.75, 3.05) is 20.2 Å². The van der Waals surface area contributed by atoms with Gasteiger partial charge in [0.25, 0.3) is 0 Å². The van der Waals surface area contributed by atoms with Crippen molar-refractivity contribution in [3.8, 4) is 5.75 Å². The van der Waals surface area contributed by atoms with Crippen LogP contribution in [-0.2, 0) is 10.0 Å². The van der Waals surface area contributed by atoms with Crippen LogP contribution >= 0.6 is 0 Å². The minimum atomic E-state index is -4.27. The highest BCUT2D eigenvalue weighted by atomic mass is 32.2. The molecule has 0 bridgehead atoms. The number of ether oxygens (including phenoxy) is 1. The van der Waals surface area contributed by atoms with Crippen LogP contribution in [-0.4, -0.2) is 32.9 Å². The monoisotopic (exact) mass is 359 g/mol.